The number of hydrogen-bond donors (Lipinski definition) is 5. The van der Waals surface area contributed by atoms with Crippen LogP contribution in [0.4, 0.5) is 4.79 Å². The van der Waals surface area contributed by atoms with Crippen molar-refractivity contribution in [2.45, 2.75) is 89.2 Å². The van der Waals surface area contributed by atoms with Crippen molar-refractivity contribution in [2.75, 3.05) is 13.2 Å². The molecule has 5 N–H and O–H groups in total. The molecule has 5 rings (SSSR count). The summed E-state index contributed by atoms with van der Waals surface area (Å²) >= 11 is 0. The summed E-state index contributed by atoms with van der Waals surface area (Å²) < 4.78 is 38.3. The summed E-state index contributed by atoms with van der Waals surface area (Å²) in [6.07, 6.45) is 6.83. The summed E-state index contributed by atoms with van der Waals surface area (Å²) in [5, 5.41) is 17.9. The maximum atomic E-state index is 13.2. The summed E-state index contributed by atoms with van der Waals surface area (Å²) in [5.74, 6) is 0.494. The Hall–Kier alpha value is -1.92. The number of alkyl carbamates (subject to hydrolysis) is 1. The smallest absolute Gasteiger partial charge is 0.407 e. The van der Waals surface area contributed by atoms with Crippen LogP contribution in [0.15, 0.2) is 0 Å². The van der Waals surface area contributed by atoms with E-state index in [0.717, 1.165) is 19.3 Å². The van der Waals surface area contributed by atoms with Crippen LogP contribution in [0, 0.1) is 35.0 Å². The lowest BCUT2D eigenvalue weighted by molar-refractivity contribution is -0.126. The SMILES string of the molecule is CC(C)C[C@H](NC(=O)OCC12CC3CC(CC(C3)C1)C2)C(=O)NC(CC1CCNC1=O)C(O)S(=O)(=O)O. The van der Waals surface area contributed by atoms with Gasteiger partial charge in [0, 0.05) is 17.9 Å². The highest BCUT2D eigenvalue weighted by atomic mass is 32.2. The monoisotopic (exact) mass is 543 g/mol. The van der Waals surface area contributed by atoms with Crippen LogP contribution in [0.25, 0.3) is 0 Å². The predicted octanol–water partition coefficient (Wildman–Crippen LogP) is 1.56. The van der Waals surface area contributed by atoms with Gasteiger partial charge in [0.15, 0.2) is 0 Å². The van der Waals surface area contributed by atoms with Crippen LogP contribution in [0.2, 0.25) is 0 Å². The Morgan fingerprint density at radius 3 is 2.19 bits per heavy atom. The predicted molar refractivity (Wildman–Crippen MR) is 134 cm³/mol. The lowest BCUT2D eigenvalue weighted by Gasteiger charge is -2.56. The molecule has 1 heterocycles. The van der Waals surface area contributed by atoms with Gasteiger partial charge in [0.25, 0.3) is 10.1 Å². The van der Waals surface area contributed by atoms with Crippen LogP contribution < -0.4 is 16.0 Å². The van der Waals surface area contributed by atoms with Gasteiger partial charge in [-0.1, -0.05) is 13.8 Å². The number of carbonyl (C=O) groups excluding carboxylic acids is 3. The minimum atomic E-state index is -4.91. The van der Waals surface area contributed by atoms with E-state index in [1.165, 1.54) is 19.3 Å². The van der Waals surface area contributed by atoms with E-state index in [9.17, 15) is 32.5 Å². The molecule has 0 aromatic heterocycles. The van der Waals surface area contributed by atoms with Crippen LogP contribution in [0.3, 0.4) is 0 Å². The Balaban J connectivity index is 1.38. The minimum absolute atomic E-state index is 0.00441. The molecule has 5 fully saturated rings. The van der Waals surface area contributed by atoms with E-state index in [0.29, 0.717) is 37.3 Å². The average molecular weight is 544 g/mol. The normalized spacial score (nSPS) is 33.1. The molecule has 0 aromatic carbocycles. The van der Waals surface area contributed by atoms with Crippen molar-refractivity contribution in [2.24, 2.45) is 35.0 Å². The first-order chi connectivity index (χ1) is 17.3. The Kier molecular flexibility index (Phi) is 8.40. The van der Waals surface area contributed by atoms with E-state index in [-0.39, 0.29) is 30.1 Å². The molecule has 11 nitrogen and oxygen atoms in total. The molecule has 12 heteroatoms. The van der Waals surface area contributed by atoms with Gasteiger partial charge in [-0.25, -0.2) is 4.79 Å². The van der Waals surface area contributed by atoms with Crippen molar-refractivity contribution in [3.8, 4) is 0 Å². The molecule has 4 saturated carbocycles. The summed E-state index contributed by atoms with van der Waals surface area (Å²) in [5.41, 5.74) is -2.29. The Morgan fingerprint density at radius 1 is 1.11 bits per heavy atom. The van der Waals surface area contributed by atoms with Gasteiger partial charge in [-0.3, -0.25) is 14.1 Å². The maximum Gasteiger partial charge on any atom is 0.407 e. The third-order valence-electron chi connectivity index (χ3n) is 8.67. The summed E-state index contributed by atoms with van der Waals surface area (Å²) in [7, 11) is -4.91. The van der Waals surface area contributed by atoms with Crippen molar-refractivity contribution < 1.29 is 37.2 Å². The molecule has 210 valence electrons. The van der Waals surface area contributed by atoms with E-state index >= 15 is 0 Å². The zero-order valence-corrected chi connectivity index (χ0v) is 22.5. The van der Waals surface area contributed by atoms with Crippen LogP contribution in [-0.2, 0) is 24.4 Å². The zero-order chi connectivity index (χ0) is 27.0. The quantitative estimate of drug-likeness (QED) is 0.244. The molecule has 0 spiro atoms. The number of ether oxygens (including phenoxy) is 1. The molecule has 5 aliphatic rings. The second-order valence-corrected chi connectivity index (χ2v) is 13.9. The second-order valence-electron chi connectivity index (χ2n) is 12.4. The van der Waals surface area contributed by atoms with Gasteiger partial charge >= 0.3 is 6.09 Å². The first kappa shape index (κ1) is 28.1. The fourth-order valence-corrected chi connectivity index (χ4v) is 8.08. The molecule has 0 radical (unpaired) electrons. The van der Waals surface area contributed by atoms with Gasteiger partial charge in [0.05, 0.1) is 12.6 Å². The molecule has 1 aliphatic heterocycles. The number of carbonyl (C=O) groups is 3. The van der Waals surface area contributed by atoms with Crippen LogP contribution in [0.1, 0.15) is 71.6 Å². The van der Waals surface area contributed by atoms with E-state index < -0.39 is 45.6 Å². The highest BCUT2D eigenvalue weighted by molar-refractivity contribution is 7.86. The molecule has 4 atom stereocenters. The minimum Gasteiger partial charge on any atom is -0.449 e. The summed E-state index contributed by atoms with van der Waals surface area (Å²) in [6.45, 7) is 4.46. The largest absolute Gasteiger partial charge is 0.449 e. The third kappa shape index (κ3) is 6.94. The Morgan fingerprint density at radius 2 is 1.70 bits per heavy atom. The molecule has 1 saturated heterocycles. The zero-order valence-electron chi connectivity index (χ0n) is 21.6. The first-order valence-corrected chi connectivity index (χ1v) is 15.0. The van der Waals surface area contributed by atoms with Crippen molar-refractivity contribution in [3.63, 3.8) is 0 Å². The van der Waals surface area contributed by atoms with Crippen LogP contribution >= 0.6 is 0 Å². The molecular formula is C25H41N3O8S. The van der Waals surface area contributed by atoms with E-state index in [1.807, 2.05) is 13.8 Å². The third-order valence-corrected chi connectivity index (χ3v) is 9.61. The summed E-state index contributed by atoms with van der Waals surface area (Å²) in [4.78, 5) is 38.0. The molecular weight excluding hydrogens is 502 g/mol. The first-order valence-electron chi connectivity index (χ1n) is 13.5. The van der Waals surface area contributed by atoms with Gasteiger partial charge in [-0.05, 0) is 81.5 Å². The molecule has 4 bridgehead atoms. The number of aliphatic hydroxyl groups is 1. The molecule has 37 heavy (non-hydrogen) atoms. The lowest BCUT2D eigenvalue weighted by Crippen LogP contribution is -2.55. The molecule has 3 amide bonds. The van der Waals surface area contributed by atoms with Crippen molar-refractivity contribution in [3.05, 3.63) is 0 Å². The van der Waals surface area contributed by atoms with Gasteiger partial charge in [0.1, 0.15) is 6.04 Å². The van der Waals surface area contributed by atoms with Crippen LogP contribution in [-0.4, -0.2) is 66.7 Å². The Labute approximate surface area is 218 Å². The van der Waals surface area contributed by atoms with Gasteiger partial charge < -0.3 is 25.8 Å². The van der Waals surface area contributed by atoms with Crippen molar-refractivity contribution in [1.29, 1.82) is 0 Å². The fourth-order valence-electron chi connectivity index (χ4n) is 7.49. The summed E-state index contributed by atoms with van der Waals surface area (Å²) in [6, 6.07) is -2.48. The lowest BCUT2D eigenvalue weighted by atomic mass is 9.50. The van der Waals surface area contributed by atoms with Gasteiger partial charge in [-0.15, -0.1) is 0 Å². The number of rotatable bonds is 11. The molecule has 0 aromatic rings. The number of amides is 3. The van der Waals surface area contributed by atoms with Crippen molar-refractivity contribution >= 4 is 28.0 Å². The van der Waals surface area contributed by atoms with Gasteiger partial charge in [0.2, 0.25) is 17.3 Å². The highest BCUT2D eigenvalue weighted by Gasteiger charge is 2.51. The fraction of sp³-hybridized carbons (Fsp3) is 0.880. The van der Waals surface area contributed by atoms with E-state index in [2.05, 4.69) is 16.0 Å². The highest BCUT2D eigenvalue weighted by Crippen LogP contribution is 2.60. The maximum absolute atomic E-state index is 13.2. The van der Waals surface area contributed by atoms with Crippen molar-refractivity contribution in [1.82, 2.24) is 16.0 Å². The molecule has 4 aliphatic carbocycles. The number of nitrogens with one attached hydrogen (secondary N) is 3. The Bertz CT molecular complexity index is 949. The van der Waals surface area contributed by atoms with Gasteiger partial charge in [-0.2, -0.15) is 8.42 Å². The number of aliphatic hydroxyl groups excluding tert-OH is 1. The van der Waals surface area contributed by atoms with Crippen LogP contribution in [0.5, 0.6) is 0 Å². The molecule has 3 unspecified atom stereocenters. The van der Waals surface area contributed by atoms with E-state index in [1.54, 1.807) is 0 Å². The average Bonchev–Trinajstić information content (AvgIpc) is 3.18. The topological polar surface area (TPSA) is 171 Å². The number of hydrogen-bond acceptors (Lipinski definition) is 7. The second kappa shape index (κ2) is 11.1. The standard InChI is InChI=1S/C25H41N3O8S/c1-14(2)5-19(22(30)27-20(23(31)37(33,34)35)9-18-3-4-26-21(18)29)28-24(32)36-13-25-10-15-6-16(11-25)8-17(7-15)12-25/h14-20,23,31H,3-13H2,1-2H3,(H,26,29)(H,27,30)(H,28,32)(H,33,34,35)/t15?,16?,17?,18?,19-,20?,23?,25?/m0/s1. The van der Waals surface area contributed by atoms with E-state index in [4.69, 9.17) is 4.74 Å².